The number of benzene rings is 4. The van der Waals surface area contributed by atoms with Gasteiger partial charge in [-0.05, 0) is 22.3 Å². The Morgan fingerprint density at radius 3 is 1.31 bits per heavy atom. The zero-order chi connectivity index (χ0) is 26.5. The Balaban J connectivity index is 1.34. The average Bonchev–Trinajstić information content (AvgIpc) is 3.00. The highest BCUT2D eigenvalue weighted by Crippen LogP contribution is 2.29. The molecule has 0 unspecified atom stereocenters. The zero-order valence-electron chi connectivity index (χ0n) is 22.2. The van der Waals surface area contributed by atoms with Crippen molar-refractivity contribution in [2.45, 2.75) is 44.7 Å². The van der Waals surface area contributed by atoms with Crippen molar-refractivity contribution in [3.63, 3.8) is 0 Å². The quantitative estimate of drug-likeness (QED) is 0.176. The molecule has 1 aliphatic carbocycles. The number of ether oxygens (including phenoxy) is 4. The van der Waals surface area contributed by atoms with Crippen LogP contribution in [0, 0.1) is 5.92 Å². The van der Waals surface area contributed by atoms with E-state index in [1.165, 1.54) is 0 Å². The van der Waals surface area contributed by atoms with E-state index < -0.39 is 0 Å². The van der Waals surface area contributed by atoms with Crippen molar-refractivity contribution in [3.05, 3.63) is 156 Å². The molecule has 0 aliphatic heterocycles. The van der Waals surface area contributed by atoms with Gasteiger partial charge in [0, 0.05) is 5.92 Å². The van der Waals surface area contributed by atoms with Gasteiger partial charge in [-0.15, -0.1) is 0 Å². The smallest absolute Gasteiger partial charge is 0.114 e. The number of hydrogen-bond acceptors (Lipinski definition) is 4. The summed E-state index contributed by atoms with van der Waals surface area (Å²) < 4.78 is 25.9. The van der Waals surface area contributed by atoms with Crippen molar-refractivity contribution in [3.8, 4) is 0 Å². The van der Waals surface area contributed by atoms with Crippen molar-refractivity contribution >= 4 is 0 Å². The highest BCUT2D eigenvalue weighted by molar-refractivity contribution is 5.18. The molecule has 0 radical (unpaired) electrons. The lowest BCUT2D eigenvalue weighted by Crippen LogP contribution is -2.49. The maximum atomic E-state index is 6.63. The summed E-state index contributed by atoms with van der Waals surface area (Å²) in [5, 5.41) is 0. The van der Waals surface area contributed by atoms with Gasteiger partial charge in [-0.25, -0.2) is 0 Å². The first-order valence-corrected chi connectivity index (χ1v) is 13.6. The Kier molecular flexibility index (Phi) is 10.1. The van der Waals surface area contributed by atoms with Gasteiger partial charge in [-0.3, -0.25) is 0 Å². The van der Waals surface area contributed by atoms with E-state index in [0.29, 0.717) is 33.0 Å². The van der Waals surface area contributed by atoms with E-state index in [1.54, 1.807) is 0 Å². The molecule has 0 N–H and O–H groups in total. The average molecular weight is 521 g/mol. The largest absolute Gasteiger partial charge is 0.376 e. The molecule has 0 saturated carbocycles. The normalized spacial score (nSPS) is 20.6. The lowest BCUT2D eigenvalue weighted by molar-refractivity contribution is -0.161. The van der Waals surface area contributed by atoms with Crippen LogP contribution in [0.3, 0.4) is 0 Å². The van der Waals surface area contributed by atoms with Crippen LogP contribution in [-0.2, 0) is 45.4 Å². The van der Waals surface area contributed by atoms with E-state index in [4.69, 9.17) is 18.9 Å². The molecular weight excluding hydrogens is 484 g/mol. The molecule has 4 aromatic rings. The van der Waals surface area contributed by atoms with Crippen LogP contribution in [0.5, 0.6) is 0 Å². The molecule has 4 atom stereocenters. The minimum Gasteiger partial charge on any atom is -0.376 e. The summed E-state index contributed by atoms with van der Waals surface area (Å²) in [5.74, 6) is 0.0229. The second-order valence-corrected chi connectivity index (χ2v) is 9.83. The van der Waals surface area contributed by atoms with E-state index in [0.717, 1.165) is 22.3 Å². The molecule has 39 heavy (non-hydrogen) atoms. The van der Waals surface area contributed by atoms with Crippen molar-refractivity contribution in [2.75, 3.05) is 6.61 Å². The standard InChI is InChI=1S/C35H36O4/c1-5-13-28(14-6-1)23-36-27-32-21-22-33(37-24-29-15-7-2-8-16-29)35(39-26-31-19-11-4-12-20-31)34(32)38-25-30-17-9-3-10-18-30/h1-22,32-35H,23-27H2/t32-,33+,34+,35-/m1/s1. The molecular formula is C35H36O4. The summed E-state index contributed by atoms with van der Waals surface area (Å²) in [7, 11) is 0. The second kappa shape index (κ2) is 14.6. The minimum absolute atomic E-state index is 0.0229. The van der Waals surface area contributed by atoms with Crippen molar-refractivity contribution < 1.29 is 18.9 Å². The van der Waals surface area contributed by atoms with E-state index in [1.807, 2.05) is 72.8 Å². The van der Waals surface area contributed by atoms with Gasteiger partial charge in [-0.2, -0.15) is 0 Å². The van der Waals surface area contributed by atoms with Crippen LogP contribution < -0.4 is 0 Å². The Hall–Kier alpha value is -3.54. The maximum Gasteiger partial charge on any atom is 0.114 e. The van der Waals surface area contributed by atoms with Gasteiger partial charge >= 0.3 is 0 Å². The van der Waals surface area contributed by atoms with Gasteiger partial charge in [0.1, 0.15) is 12.2 Å². The summed E-state index contributed by atoms with van der Waals surface area (Å²) in [6, 6.07) is 41.0. The first kappa shape index (κ1) is 27.0. The van der Waals surface area contributed by atoms with Gasteiger partial charge in [0.15, 0.2) is 0 Å². The van der Waals surface area contributed by atoms with Crippen molar-refractivity contribution in [1.29, 1.82) is 0 Å². The fraction of sp³-hybridized carbons (Fsp3) is 0.257. The molecule has 0 heterocycles. The molecule has 5 rings (SSSR count). The molecule has 0 aromatic heterocycles. The number of rotatable bonds is 13. The third kappa shape index (κ3) is 8.22. The van der Waals surface area contributed by atoms with Crippen LogP contribution >= 0.6 is 0 Å². The van der Waals surface area contributed by atoms with E-state index in [-0.39, 0.29) is 24.2 Å². The predicted molar refractivity (Wildman–Crippen MR) is 154 cm³/mol. The first-order chi connectivity index (χ1) is 19.3. The fourth-order valence-corrected chi connectivity index (χ4v) is 4.80. The lowest BCUT2D eigenvalue weighted by Gasteiger charge is -2.39. The van der Waals surface area contributed by atoms with Gasteiger partial charge in [0.25, 0.3) is 0 Å². The molecule has 0 bridgehead atoms. The van der Waals surface area contributed by atoms with Crippen molar-refractivity contribution in [1.82, 2.24) is 0 Å². The van der Waals surface area contributed by atoms with Crippen molar-refractivity contribution in [2.24, 2.45) is 5.92 Å². The maximum absolute atomic E-state index is 6.63. The van der Waals surface area contributed by atoms with Crippen LogP contribution in [-0.4, -0.2) is 24.9 Å². The minimum atomic E-state index is -0.298. The molecule has 1 aliphatic rings. The molecule has 0 fully saturated rings. The van der Waals surface area contributed by atoms with E-state index in [9.17, 15) is 0 Å². The summed E-state index contributed by atoms with van der Waals surface area (Å²) in [5.41, 5.74) is 4.52. The van der Waals surface area contributed by atoms with E-state index >= 15 is 0 Å². The fourth-order valence-electron chi connectivity index (χ4n) is 4.80. The SMILES string of the molecule is C1=C[C@H](OCc2ccccc2)[C@@H](OCc2ccccc2)[C@@H](OCc2ccccc2)[C@H]1COCc1ccccc1. The lowest BCUT2D eigenvalue weighted by atomic mass is 9.88. The summed E-state index contributed by atoms with van der Waals surface area (Å²) >= 11 is 0. The summed E-state index contributed by atoms with van der Waals surface area (Å²) in [6.45, 7) is 2.56. The molecule has 4 aromatic carbocycles. The Labute approximate surface area is 231 Å². The molecule has 4 heteroatoms. The Morgan fingerprint density at radius 2 is 0.821 bits per heavy atom. The van der Waals surface area contributed by atoms with Gasteiger partial charge in [-0.1, -0.05) is 133 Å². The monoisotopic (exact) mass is 520 g/mol. The van der Waals surface area contributed by atoms with Crippen LogP contribution in [0.2, 0.25) is 0 Å². The molecule has 4 nitrogen and oxygen atoms in total. The first-order valence-electron chi connectivity index (χ1n) is 13.6. The van der Waals surface area contributed by atoms with Crippen LogP contribution in [0.15, 0.2) is 133 Å². The van der Waals surface area contributed by atoms with Crippen LogP contribution in [0.25, 0.3) is 0 Å². The van der Waals surface area contributed by atoms with Gasteiger partial charge < -0.3 is 18.9 Å². The van der Waals surface area contributed by atoms with Gasteiger partial charge in [0.2, 0.25) is 0 Å². The highest BCUT2D eigenvalue weighted by atomic mass is 16.6. The highest BCUT2D eigenvalue weighted by Gasteiger charge is 2.39. The third-order valence-corrected chi connectivity index (χ3v) is 6.90. The Bertz CT molecular complexity index is 1250. The number of hydrogen-bond donors (Lipinski definition) is 0. The van der Waals surface area contributed by atoms with Gasteiger partial charge in [0.05, 0.1) is 39.1 Å². The summed E-state index contributed by atoms with van der Waals surface area (Å²) in [4.78, 5) is 0. The van der Waals surface area contributed by atoms with Crippen LogP contribution in [0.1, 0.15) is 22.3 Å². The molecule has 0 spiro atoms. The van der Waals surface area contributed by atoms with E-state index in [2.05, 4.69) is 60.7 Å². The predicted octanol–water partition coefficient (Wildman–Crippen LogP) is 7.15. The zero-order valence-corrected chi connectivity index (χ0v) is 22.2. The van der Waals surface area contributed by atoms with Crippen LogP contribution in [0.4, 0.5) is 0 Å². The second-order valence-electron chi connectivity index (χ2n) is 9.83. The molecule has 0 amide bonds. The molecule has 200 valence electrons. The Morgan fingerprint density at radius 1 is 0.410 bits per heavy atom. The third-order valence-electron chi connectivity index (χ3n) is 6.90. The topological polar surface area (TPSA) is 36.9 Å². The molecule has 0 saturated heterocycles. The summed E-state index contributed by atoms with van der Waals surface area (Å²) in [6.07, 6.45) is 3.51.